The Kier molecular flexibility index (Phi) is 4.31. The van der Waals surface area contributed by atoms with Gasteiger partial charge in [-0.25, -0.2) is 32.3 Å². The van der Waals surface area contributed by atoms with Crippen LogP contribution in [-0.2, 0) is 21.2 Å². The summed E-state index contributed by atoms with van der Waals surface area (Å²) in [4.78, 5) is 12.1. The van der Waals surface area contributed by atoms with Crippen LogP contribution in [-0.4, -0.2) is 37.8 Å². The highest BCUT2D eigenvalue weighted by Crippen LogP contribution is 2.36. The van der Waals surface area contributed by atoms with Gasteiger partial charge in [-0.1, -0.05) is 0 Å². The summed E-state index contributed by atoms with van der Waals surface area (Å²) >= 11 is 0. The molecular formula is C18H14F2N4O3S. The zero-order chi connectivity index (χ0) is 20.1. The summed E-state index contributed by atoms with van der Waals surface area (Å²) in [6.45, 7) is 0. The Bertz CT molecular complexity index is 1170. The van der Waals surface area contributed by atoms with Crippen LogP contribution < -0.4 is 5.14 Å². The van der Waals surface area contributed by atoms with Gasteiger partial charge in [0.05, 0.1) is 29.4 Å². The Morgan fingerprint density at radius 2 is 1.93 bits per heavy atom. The van der Waals surface area contributed by atoms with Gasteiger partial charge in [-0.2, -0.15) is 0 Å². The van der Waals surface area contributed by atoms with E-state index in [1.807, 2.05) is 6.08 Å². The van der Waals surface area contributed by atoms with Crippen LogP contribution >= 0.6 is 0 Å². The molecule has 144 valence electrons. The van der Waals surface area contributed by atoms with Crippen LogP contribution in [0.3, 0.4) is 0 Å². The quantitative estimate of drug-likeness (QED) is 0.835. The summed E-state index contributed by atoms with van der Waals surface area (Å²) in [5.41, 5.74) is 2.00. The van der Waals surface area contributed by atoms with E-state index < -0.39 is 26.6 Å². The number of benzene rings is 1. The van der Waals surface area contributed by atoms with Crippen molar-refractivity contribution in [2.45, 2.75) is 17.4 Å². The van der Waals surface area contributed by atoms with Crippen LogP contribution in [0.4, 0.5) is 8.78 Å². The Morgan fingerprint density at radius 1 is 1.21 bits per heavy atom. The molecule has 28 heavy (non-hydrogen) atoms. The van der Waals surface area contributed by atoms with Crippen molar-refractivity contribution in [3.05, 3.63) is 70.5 Å². The van der Waals surface area contributed by atoms with Gasteiger partial charge >= 0.3 is 0 Å². The van der Waals surface area contributed by atoms with Crippen molar-refractivity contribution in [3.8, 4) is 0 Å². The largest absolute Gasteiger partial charge is 0.497 e. The van der Waals surface area contributed by atoms with Gasteiger partial charge in [-0.15, -0.1) is 0 Å². The van der Waals surface area contributed by atoms with Crippen LogP contribution in [0.1, 0.15) is 22.5 Å². The number of rotatable bonds is 4. The van der Waals surface area contributed by atoms with E-state index in [-0.39, 0.29) is 18.0 Å². The van der Waals surface area contributed by atoms with E-state index in [1.54, 1.807) is 12.3 Å². The molecule has 0 saturated heterocycles. The van der Waals surface area contributed by atoms with E-state index in [0.29, 0.717) is 34.8 Å². The van der Waals surface area contributed by atoms with Crippen molar-refractivity contribution < 1.29 is 21.9 Å². The molecule has 0 bridgehead atoms. The van der Waals surface area contributed by atoms with E-state index in [2.05, 4.69) is 15.0 Å². The number of aliphatic imine (C=N–C) groups is 1. The summed E-state index contributed by atoms with van der Waals surface area (Å²) < 4.78 is 56.9. The molecular weight excluding hydrogens is 390 g/mol. The zero-order valence-corrected chi connectivity index (χ0v) is 15.4. The Hall–Kier alpha value is -2.98. The zero-order valence-electron chi connectivity index (χ0n) is 14.6. The Labute approximate surface area is 159 Å². The fourth-order valence-corrected chi connectivity index (χ4v) is 3.75. The van der Waals surface area contributed by atoms with Gasteiger partial charge in [0.15, 0.2) is 0 Å². The van der Waals surface area contributed by atoms with Crippen LogP contribution in [0, 0.1) is 11.6 Å². The Balaban J connectivity index is 1.79. The number of nitrogens with two attached hydrogens (primary N) is 1. The predicted molar refractivity (Wildman–Crippen MR) is 97.0 cm³/mol. The number of aromatic nitrogens is 2. The molecule has 10 heteroatoms. The van der Waals surface area contributed by atoms with Gasteiger partial charge in [0.1, 0.15) is 23.7 Å². The normalized spacial score (nSPS) is 17.6. The monoisotopic (exact) mass is 404 g/mol. The number of hydrogen-bond donors (Lipinski definition) is 1. The van der Waals surface area contributed by atoms with E-state index in [4.69, 9.17) is 9.88 Å². The van der Waals surface area contributed by atoms with Crippen molar-refractivity contribution in [1.82, 2.24) is 9.97 Å². The number of ether oxygens (including phenoxy) is 1. The molecule has 4 rings (SSSR count). The molecule has 2 aromatic rings. The first-order valence-electron chi connectivity index (χ1n) is 8.13. The second-order valence-electron chi connectivity index (χ2n) is 6.26. The van der Waals surface area contributed by atoms with Crippen molar-refractivity contribution in [1.29, 1.82) is 0 Å². The maximum atomic E-state index is 14.5. The molecule has 0 amide bonds. The fraction of sp³-hybridized carbons (Fsp3) is 0.167. The van der Waals surface area contributed by atoms with Gasteiger partial charge in [0.25, 0.3) is 0 Å². The highest BCUT2D eigenvalue weighted by molar-refractivity contribution is 7.89. The number of allylic oxidation sites excluding steroid dienone is 1. The molecule has 2 heterocycles. The molecule has 0 fully saturated rings. The number of sulfonamides is 1. The second kappa shape index (κ2) is 6.57. The molecule has 1 aliphatic carbocycles. The Morgan fingerprint density at radius 3 is 2.57 bits per heavy atom. The average molecular weight is 404 g/mol. The van der Waals surface area contributed by atoms with Crippen molar-refractivity contribution in [2.75, 3.05) is 7.11 Å². The predicted octanol–water partition coefficient (Wildman–Crippen LogP) is 1.72. The maximum Gasteiger partial charge on any atom is 0.238 e. The molecule has 1 aliphatic heterocycles. The highest BCUT2D eigenvalue weighted by atomic mass is 32.2. The van der Waals surface area contributed by atoms with E-state index in [1.165, 1.54) is 13.4 Å². The minimum atomic E-state index is -4.23. The number of halogens is 2. The van der Waals surface area contributed by atoms with Crippen LogP contribution in [0.5, 0.6) is 0 Å². The minimum Gasteiger partial charge on any atom is -0.497 e. The summed E-state index contributed by atoms with van der Waals surface area (Å²) in [6.07, 6.45) is 6.26. The number of primary sulfonamides is 1. The molecule has 1 unspecified atom stereocenters. The lowest BCUT2D eigenvalue weighted by Gasteiger charge is -2.19. The first-order chi connectivity index (χ1) is 13.3. The smallest absolute Gasteiger partial charge is 0.238 e. The molecule has 2 N–H and O–H groups in total. The third-order valence-electron chi connectivity index (χ3n) is 4.56. The number of methoxy groups -OCH3 is 1. The van der Waals surface area contributed by atoms with E-state index in [0.717, 1.165) is 5.57 Å². The maximum absolute atomic E-state index is 14.5. The third kappa shape index (κ3) is 3.10. The standard InChI is InChI=1S/C18H14F2N4O3S/c1-27-9-2-12-15(3-9)22-7-17-18(12)16(23-8-24-17)6-11-13(19)4-10(5-14(11)20)28(21,25)26/h2-5,7-8,15H,6H2,1H3,(H2,21,25,26). The van der Waals surface area contributed by atoms with E-state index in [9.17, 15) is 17.2 Å². The molecule has 1 aromatic heterocycles. The summed E-state index contributed by atoms with van der Waals surface area (Å²) in [6, 6.07) is 1.11. The molecule has 0 saturated carbocycles. The summed E-state index contributed by atoms with van der Waals surface area (Å²) in [5, 5.41) is 4.95. The molecule has 2 aliphatic rings. The number of fused-ring (bicyclic) bond motifs is 3. The number of nitrogens with zero attached hydrogens (tertiary/aromatic N) is 3. The molecule has 1 atom stereocenters. The third-order valence-corrected chi connectivity index (χ3v) is 5.46. The SMILES string of the molecule is COC1=CC2N=Cc3ncnc(Cc4c(F)cc(S(N)(=O)=O)cc4F)c3C2=C1. The van der Waals surface area contributed by atoms with Gasteiger partial charge in [-0.3, -0.25) is 4.99 Å². The average Bonchev–Trinajstić information content (AvgIpc) is 3.07. The highest BCUT2D eigenvalue weighted by Gasteiger charge is 2.29. The van der Waals surface area contributed by atoms with Crippen molar-refractivity contribution >= 4 is 21.8 Å². The topological polar surface area (TPSA) is 108 Å². The lowest BCUT2D eigenvalue weighted by molar-refractivity contribution is 0.307. The second-order valence-corrected chi connectivity index (χ2v) is 7.83. The van der Waals surface area contributed by atoms with Crippen LogP contribution in [0.25, 0.3) is 5.57 Å². The molecule has 7 nitrogen and oxygen atoms in total. The van der Waals surface area contributed by atoms with Gasteiger partial charge in [0.2, 0.25) is 10.0 Å². The van der Waals surface area contributed by atoms with Gasteiger partial charge < -0.3 is 4.74 Å². The first kappa shape index (κ1) is 18.4. The molecule has 1 aromatic carbocycles. The van der Waals surface area contributed by atoms with Crippen LogP contribution in [0.15, 0.2) is 46.3 Å². The van der Waals surface area contributed by atoms with Crippen molar-refractivity contribution in [3.63, 3.8) is 0 Å². The minimum absolute atomic E-state index is 0.201. The number of hydrogen-bond acceptors (Lipinski definition) is 6. The lowest BCUT2D eigenvalue weighted by Crippen LogP contribution is -2.16. The summed E-state index contributed by atoms with van der Waals surface area (Å²) in [5.74, 6) is -1.42. The first-order valence-corrected chi connectivity index (χ1v) is 9.68. The molecule has 0 radical (unpaired) electrons. The summed E-state index contributed by atoms with van der Waals surface area (Å²) in [7, 11) is -2.69. The lowest BCUT2D eigenvalue weighted by atomic mass is 9.93. The molecule has 0 spiro atoms. The fourth-order valence-electron chi connectivity index (χ4n) is 3.22. The van der Waals surface area contributed by atoms with E-state index >= 15 is 0 Å². The van der Waals surface area contributed by atoms with Gasteiger partial charge in [-0.05, 0) is 29.9 Å². The van der Waals surface area contributed by atoms with Crippen molar-refractivity contribution in [2.24, 2.45) is 10.1 Å². The van der Waals surface area contributed by atoms with Crippen LogP contribution in [0.2, 0.25) is 0 Å². The van der Waals surface area contributed by atoms with Gasteiger partial charge in [0, 0.05) is 23.8 Å².